The zero-order valence-electron chi connectivity index (χ0n) is 10.3. The minimum atomic E-state index is -0.576. The lowest BCUT2D eigenvalue weighted by atomic mass is 10.2. The van der Waals surface area contributed by atoms with Crippen LogP contribution in [0.3, 0.4) is 0 Å². The van der Waals surface area contributed by atoms with E-state index in [1.54, 1.807) is 0 Å². The largest absolute Gasteiger partial charge is 0.385 e. The van der Waals surface area contributed by atoms with Gasteiger partial charge in [0.2, 0.25) is 0 Å². The molecule has 92 valence electrons. The summed E-state index contributed by atoms with van der Waals surface area (Å²) in [5, 5.41) is 10.0. The van der Waals surface area contributed by atoms with Crippen molar-refractivity contribution in [3.8, 4) is 0 Å². The van der Waals surface area contributed by atoms with Crippen LogP contribution in [-0.2, 0) is 6.54 Å². The van der Waals surface area contributed by atoms with Gasteiger partial charge >= 0.3 is 0 Å². The highest BCUT2D eigenvalue weighted by Gasteiger charge is 2.16. The standard InChI is InChI=1S/C13H19N3O/c1-3-16-11-5-4-9(2)8-10(11)15-13(16)12(17)6-7-14/h4-5,8,12,17H,3,6-7,14H2,1-2H3. The van der Waals surface area contributed by atoms with Crippen molar-refractivity contribution in [2.24, 2.45) is 5.73 Å². The Hall–Kier alpha value is -1.39. The molecule has 0 saturated carbocycles. The molecule has 1 atom stereocenters. The van der Waals surface area contributed by atoms with Crippen molar-refractivity contribution >= 4 is 11.0 Å². The number of nitrogens with two attached hydrogens (primary N) is 1. The van der Waals surface area contributed by atoms with Gasteiger partial charge in [0.15, 0.2) is 0 Å². The van der Waals surface area contributed by atoms with Crippen LogP contribution in [-0.4, -0.2) is 21.2 Å². The molecule has 0 bridgehead atoms. The predicted octanol–water partition coefficient (Wildman–Crippen LogP) is 1.75. The van der Waals surface area contributed by atoms with Gasteiger partial charge in [-0.05, 0) is 44.5 Å². The molecule has 0 aliphatic heterocycles. The average Bonchev–Trinajstić information content (AvgIpc) is 2.66. The maximum absolute atomic E-state index is 10.0. The van der Waals surface area contributed by atoms with Crippen molar-refractivity contribution in [2.75, 3.05) is 6.54 Å². The van der Waals surface area contributed by atoms with Gasteiger partial charge in [-0.3, -0.25) is 0 Å². The summed E-state index contributed by atoms with van der Waals surface area (Å²) in [7, 11) is 0. The highest BCUT2D eigenvalue weighted by molar-refractivity contribution is 5.77. The van der Waals surface area contributed by atoms with Gasteiger partial charge in [0.25, 0.3) is 0 Å². The molecule has 17 heavy (non-hydrogen) atoms. The number of hydrogen-bond acceptors (Lipinski definition) is 3. The zero-order valence-corrected chi connectivity index (χ0v) is 10.3. The molecule has 0 spiro atoms. The molecule has 0 radical (unpaired) electrons. The molecule has 1 heterocycles. The number of nitrogens with zero attached hydrogens (tertiary/aromatic N) is 2. The normalized spacial score (nSPS) is 13.2. The Morgan fingerprint density at radius 3 is 2.88 bits per heavy atom. The van der Waals surface area contributed by atoms with Gasteiger partial charge in [-0.1, -0.05) is 6.07 Å². The quantitative estimate of drug-likeness (QED) is 0.845. The fourth-order valence-electron chi connectivity index (χ4n) is 2.13. The molecule has 0 aliphatic rings. The van der Waals surface area contributed by atoms with Crippen LogP contribution >= 0.6 is 0 Å². The molecule has 0 fully saturated rings. The summed E-state index contributed by atoms with van der Waals surface area (Å²) in [6.45, 7) is 5.36. The Bertz CT molecular complexity index is 519. The van der Waals surface area contributed by atoms with E-state index in [9.17, 15) is 5.11 Å². The number of aliphatic hydroxyl groups excluding tert-OH is 1. The third kappa shape index (κ3) is 2.18. The number of benzene rings is 1. The summed E-state index contributed by atoms with van der Waals surface area (Å²) in [5.74, 6) is 0.721. The first-order valence-corrected chi connectivity index (χ1v) is 6.02. The molecule has 4 heteroatoms. The first kappa shape index (κ1) is 12.1. The van der Waals surface area contributed by atoms with Crippen molar-refractivity contribution in [1.29, 1.82) is 0 Å². The number of imidazole rings is 1. The maximum Gasteiger partial charge on any atom is 0.138 e. The Labute approximate surface area is 101 Å². The van der Waals surface area contributed by atoms with Crippen LogP contribution in [0.1, 0.15) is 30.8 Å². The number of hydrogen-bond donors (Lipinski definition) is 2. The van der Waals surface area contributed by atoms with E-state index in [0.717, 1.165) is 23.4 Å². The Balaban J connectivity index is 2.55. The van der Waals surface area contributed by atoms with Crippen molar-refractivity contribution in [1.82, 2.24) is 9.55 Å². The molecular formula is C13H19N3O. The zero-order chi connectivity index (χ0) is 12.4. The maximum atomic E-state index is 10.0. The summed E-state index contributed by atoms with van der Waals surface area (Å²) in [6, 6.07) is 6.16. The van der Waals surface area contributed by atoms with Gasteiger partial charge in [0, 0.05) is 6.54 Å². The van der Waals surface area contributed by atoms with E-state index < -0.39 is 6.10 Å². The Morgan fingerprint density at radius 1 is 1.47 bits per heavy atom. The van der Waals surface area contributed by atoms with Crippen LogP contribution in [0.15, 0.2) is 18.2 Å². The third-order valence-corrected chi connectivity index (χ3v) is 2.99. The SMILES string of the molecule is CCn1c(C(O)CCN)nc2cc(C)ccc21. The van der Waals surface area contributed by atoms with E-state index in [-0.39, 0.29) is 0 Å². The summed E-state index contributed by atoms with van der Waals surface area (Å²) < 4.78 is 2.05. The van der Waals surface area contributed by atoms with Crippen molar-refractivity contribution in [3.05, 3.63) is 29.6 Å². The molecular weight excluding hydrogens is 214 g/mol. The molecule has 0 amide bonds. The molecule has 1 unspecified atom stereocenters. The van der Waals surface area contributed by atoms with E-state index in [1.165, 1.54) is 5.56 Å². The Morgan fingerprint density at radius 2 is 2.24 bits per heavy atom. The van der Waals surface area contributed by atoms with Crippen molar-refractivity contribution < 1.29 is 5.11 Å². The van der Waals surface area contributed by atoms with Crippen LogP contribution in [0.4, 0.5) is 0 Å². The minimum absolute atomic E-state index is 0.465. The third-order valence-electron chi connectivity index (χ3n) is 2.99. The second-order valence-corrected chi connectivity index (χ2v) is 4.30. The molecule has 1 aromatic carbocycles. The van der Waals surface area contributed by atoms with Crippen LogP contribution in [0.5, 0.6) is 0 Å². The number of aryl methyl sites for hydroxylation is 2. The van der Waals surface area contributed by atoms with Crippen LogP contribution in [0.2, 0.25) is 0 Å². The topological polar surface area (TPSA) is 64.1 Å². The summed E-state index contributed by atoms with van der Waals surface area (Å²) >= 11 is 0. The highest BCUT2D eigenvalue weighted by Crippen LogP contribution is 2.23. The number of aliphatic hydroxyl groups is 1. The number of fused-ring (bicyclic) bond motifs is 1. The fraction of sp³-hybridized carbons (Fsp3) is 0.462. The van der Waals surface area contributed by atoms with Crippen LogP contribution in [0, 0.1) is 6.92 Å². The lowest BCUT2D eigenvalue weighted by Crippen LogP contribution is -2.12. The molecule has 3 N–H and O–H groups in total. The number of aromatic nitrogens is 2. The van der Waals surface area contributed by atoms with Crippen LogP contribution in [0.25, 0.3) is 11.0 Å². The summed E-state index contributed by atoms with van der Waals surface area (Å²) in [5.41, 5.74) is 8.67. The second kappa shape index (κ2) is 4.85. The van der Waals surface area contributed by atoms with Gasteiger partial charge in [-0.25, -0.2) is 4.98 Å². The molecule has 2 rings (SSSR count). The lowest BCUT2D eigenvalue weighted by Gasteiger charge is -2.11. The summed E-state index contributed by atoms with van der Waals surface area (Å²) in [6.07, 6.45) is -0.0323. The van der Waals surface area contributed by atoms with E-state index in [4.69, 9.17) is 5.73 Å². The van der Waals surface area contributed by atoms with E-state index in [2.05, 4.69) is 28.6 Å². The minimum Gasteiger partial charge on any atom is -0.385 e. The van der Waals surface area contributed by atoms with Gasteiger partial charge < -0.3 is 15.4 Å². The smallest absolute Gasteiger partial charge is 0.138 e. The average molecular weight is 233 g/mol. The predicted molar refractivity (Wildman–Crippen MR) is 68.8 cm³/mol. The van der Waals surface area contributed by atoms with E-state index in [0.29, 0.717) is 13.0 Å². The molecule has 0 aliphatic carbocycles. The molecule has 0 saturated heterocycles. The molecule has 2 aromatic rings. The first-order valence-electron chi connectivity index (χ1n) is 6.02. The van der Waals surface area contributed by atoms with Gasteiger partial charge in [-0.2, -0.15) is 0 Å². The van der Waals surface area contributed by atoms with Gasteiger partial charge in [0.05, 0.1) is 11.0 Å². The van der Waals surface area contributed by atoms with Gasteiger partial charge in [-0.15, -0.1) is 0 Å². The first-order chi connectivity index (χ1) is 8.17. The van der Waals surface area contributed by atoms with E-state index in [1.807, 2.05) is 13.0 Å². The van der Waals surface area contributed by atoms with Crippen molar-refractivity contribution in [2.45, 2.75) is 32.9 Å². The molecule has 4 nitrogen and oxygen atoms in total. The fourth-order valence-corrected chi connectivity index (χ4v) is 2.13. The lowest BCUT2D eigenvalue weighted by molar-refractivity contribution is 0.156. The molecule has 1 aromatic heterocycles. The Kier molecular flexibility index (Phi) is 3.45. The van der Waals surface area contributed by atoms with Crippen molar-refractivity contribution in [3.63, 3.8) is 0 Å². The van der Waals surface area contributed by atoms with Gasteiger partial charge in [0.1, 0.15) is 11.9 Å². The van der Waals surface area contributed by atoms with Crippen LogP contribution < -0.4 is 5.73 Å². The highest BCUT2D eigenvalue weighted by atomic mass is 16.3. The second-order valence-electron chi connectivity index (χ2n) is 4.30. The summed E-state index contributed by atoms with van der Waals surface area (Å²) in [4.78, 5) is 4.52. The monoisotopic (exact) mass is 233 g/mol. The van der Waals surface area contributed by atoms with E-state index >= 15 is 0 Å². The number of rotatable bonds is 4.